The monoisotopic (exact) mass is 260 g/mol. The van der Waals surface area contributed by atoms with E-state index in [-0.39, 0.29) is 11.6 Å². The van der Waals surface area contributed by atoms with Crippen molar-refractivity contribution in [2.45, 2.75) is 0 Å². The van der Waals surface area contributed by atoms with Crippen molar-refractivity contribution < 1.29 is 4.79 Å². The van der Waals surface area contributed by atoms with Gasteiger partial charge in [0.1, 0.15) is 6.07 Å². The molecule has 0 atom stereocenters. The number of hydrogen-bond donors (Lipinski definition) is 1. The molecular formula is C12H9ClN4O. The van der Waals surface area contributed by atoms with Crippen LogP contribution in [0.5, 0.6) is 0 Å². The summed E-state index contributed by atoms with van der Waals surface area (Å²) in [6.07, 6.45) is 1.61. The van der Waals surface area contributed by atoms with Crippen LogP contribution in [-0.4, -0.2) is 22.7 Å². The van der Waals surface area contributed by atoms with Crippen LogP contribution in [-0.2, 0) is 0 Å². The number of nitriles is 1. The Hall–Kier alpha value is -2.32. The third-order valence-corrected chi connectivity index (χ3v) is 2.71. The molecule has 90 valence electrons. The molecule has 0 fully saturated rings. The average molecular weight is 261 g/mol. The molecule has 0 unspecified atom stereocenters. The van der Waals surface area contributed by atoms with Crippen molar-refractivity contribution in [2.75, 3.05) is 7.05 Å². The second-order valence-electron chi connectivity index (χ2n) is 3.47. The van der Waals surface area contributed by atoms with Crippen LogP contribution in [0.2, 0.25) is 5.02 Å². The molecule has 1 amide bonds. The molecule has 0 radical (unpaired) electrons. The molecule has 0 saturated heterocycles. The Morgan fingerprint density at radius 2 is 2.28 bits per heavy atom. The number of halogens is 1. The minimum Gasteiger partial charge on any atom is -0.354 e. The molecule has 0 bridgehead atoms. The maximum atomic E-state index is 11.4. The lowest BCUT2D eigenvalue weighted by atomic mass is 10.2. The zero-order valence-corrected chi connectivity index (χ0v) is 10.3. The van der Waals surface area contributed by atoms with Crippen molar-refractivity contribution in [1.82, 2.24) is 15.1 Å². The number of nitrogens with zero attached hydrogens (tertiary/aromatic N) is 3. The van der Waals surface area contributed by atoms with Crippen molar-refractivity contribution in [1.29, 1.82) is 5.26 Å². The lowest BCUT2D eigenvalue weighted by Crippen LogP contribution is -2.18. The van der Waals surface area contributed by atoms with Crippen molar-refractivity contribution >= 4 is 17.5 Å². The molecule has 5 nitrogen and oxygen atoms in total. The van der Waals surface area contributed by atoms with Crippen LogP contribution in [0, 0.1) is 11.3 Å². The van der Waals surface area contributed by atoms with E-state index in [1.54, 1.807) is 30.5 Å². The number of carbonyl (C=O) groups excluding carboxylic acids is 1. The van der Waals surface area contributed by atoms with Crippen LogP contribution in [0.3, 0.4) is 0 Å². The summed E-state index contributed by atoms with van der Waals surface area (Å²) in [5.74, 6) is -0.283. The van der Waals surface area contributed by atoms with Gasteiger partial charge in [-0.25, -0.2) is 4.68 Å². The van der Waals surface area contributed by atoms with Gasteiger partial charge in [0, 0.05) is 13.2 Å². The molecule has 1 N–H and O–H groups in total. The second kappa shape index (κ2) is 4.90. The highest BCUT2D eigenvalue weighted by Gasteiger charge is 2.12. The van der Waals surface area contributed by atoms with Gasteiger partial charge >= 0.3 is 0 Å². The Kier molecular flexibility index (Phi) is 3.31. The molecule has 6 heteroatoms. The largest absolute Gasteiger partial charge is 0.354 e. The highest BCUT2D eigenvalue weighted by Crippen LogP contribution is 2.21. The van der Waals surface area contributed by atoms with Gasteiger partial charge in [-0.05, 0) is 18.2 Å². The van der Waals surface area contributed by atoms with Gasteiger partial charge in [-0.15, -0.1) is 0 Å². The summed E-state index contributed by atoms with van der Waals surface area (Å²) in [6, 6.07) is 8.66. The SMILES string of the molecule is CNC(=O)c1ccn(-c2cccc(Cl)c2C#N)n1. The van der Waals surface area contributed by atoms with Gasteiger partial charge in [0.05, 0.1) is 16.3 Å². The molecule has 2 aromatic rings. The van der Waals surface area contributed by atoms with E-state index in [0.717, 1.165) is 0 Å². The predicted octanol–water partition coefficient (Wildman–Crippen LogP) is 1.76. The number of hydrogen-bond acceptors (Lipinski definition) is 3. The Labute approximate surface area is 109 Å². The number of rotatable bonds is 2. The fourth-order valence-electron chi connectivity index (χ4n) is 1.52. The topological polar surface area (TPSA) is 70.7 Å². The molecule has 2 rings (SSSR count). The van der Waals surface area contributed by atoms with E-state index in [1.165, 1.54) is 11.7 Å². The molecule has 1 aromatic heterocycles. The van der Waals surface area contributed by atoms with E-state index in [1.807, 2.05) is 6.07 Å². The van der Waals surface area contributed by atoms with Gasteiger partial charge < -0.3 is 5.32 Å². The van der Waals surface area contributed by atoms with Crippen LogP contribution in [0.15, 0.2) is 30.5 Å². The Balaban J connectivity index is 2.50. The van der Waals surface area contributed by atoms with Crippen molar-refractivity contribution in [2.24, 2.45) is 0 Å². The van der Waals surface area contributed by atoms with Gasteiger partial charge in [-0.3, -0.25) is 4.79 Å². The first-order valence-electron chi connectivity index (χ1n) is 5.14. The fourth-order valence-corrected chi connectivity index (χ4v) is 1.73. The summed E-state index contributed by atoms with van der Waals surface area (Å²) in [7, 11) is 1.53. The third kappa shape index (κ3) is 2.06. The van der Waals surface area contributed by atoms with Gasteiger partial charge in [0.25, 0.3) is 5.91 Å². The van der Waals surface area contributed by atoms with Crippen LogP contribution in [0.1, 0.15) is 16.1 Å². The van der Waals surface area contributed by atoms with E-state index in [0.29, 0.717) is 16.3 Å². The molecule has 18 heavy (non-hydrogen) atoms. The first kappa shape index (κ1) is 12.1. The average Bonchev–Trinajstić information content (AvgIpc) is 2.87. The lowest BCUT2D eigenvalue weighted by molar-refractivity contribution is 0.0957. The molecule has 0 aliphatic heterocycles. The molecule has 1 aromatic carbocycles. The van der Waals surface area contributed by atoms with Gasteiger partial charge in [-0.1, -0.05) is 17.7 Å². The van der Waals surface area contributed by atoms with Crippen molar-refractivity contribution in [3.05, 3.63) is 46.7 Å². The second-order valence-corrected chi connectivity index (χ2v) is 3.88. The van der Waals surface area contributed by atoms with Gasteiger partial charge in [0.15, 0.2) is 5.69 Å². The maximum Gasteiger partial charge on any atom is 0.271 e. The van der Waals surface area contributed by atoms with E-state index in [9.17, 15) is 4.79 Å². The van der Waals surface area contributed by atoms with Gasteiger partial charge in [0.2, 0.25) is 0 Å². The summed E-state index contributed by atoms with van der Waals surface area (Å²) in [4.78, 5) is 11.4. The van der Waals surface area contributed by atoms with E-state index < -0.39 is 0 Å². The number of amides is 1. The molecule has 0 aliphatic rings. The van der Waals surface area contributed by atoms with Crippen LogP contribution < -0.4 is 5.32 Å². The number of benzene rings is 1. The Bertz CT molecular complexity index is 642. The van der Waals surface area contributed by atoms with Gasteiger partial charge in [-0.2, -0.15) is 10.4 Å². The van der Waals surface area contributed by atoms with Crippen LogP contribution >= 0.6 is 11.6 Å². The standard InChI is InChI=1S/C12H9ClN4O/c1-15-12(18)10-5-6-17(16-10)11-4-2-3-9(13)8(11)7-14/h2-6H,1H3,(H,15,18). The summed E-state index contributed by atoms with van der Waals surface area (Å²) in [5.41, 5.74) is 1.15. The third-order valence-electron chi connectivity index (χ3n) is 2.40. The van der Waals surface area contributed by atoms with Crippen molar-refractivity contribution in [3.63, 3.8) is 0 Å². The maximum absolute atomic E-state index is 11.4. The summed E-state index contributed by atoms with van der Waals surface area (Å²) in [5, 5.41) is 16.0. The van der Waals surface area contributed by atoms with Crippen LogP contribution in [0.4, 0.5) is 0 Å². The minimum atomic E-state index is -0.283. The Morgan fingerprint density at radius 1 is 1.50 bits per heavy atom. The highest BCUT2D eigenvalue weighted by molar-refractivity contribution is 6.32. The molecule has 0 spiro atoms. The molecule has 1 heterocycles. The van der Waals surface area contributed by atoms with E-state index in [2.05, 4.69) is 10.4 Å². The number of nitrogens with one attached hydrogen (secondary N) is 1. The zero-order valence-electron chi connectivity index (χ0n) is 9.51. The summed E-state index contributed by atoms with van der Waals surface area (Å²) < 4.78 is 1.45. The van der Waals surface area contributed by atoms with Crippen molar-refractivity contribution in [3.8, 4) is 11.8 Å². The summed E-state index contributed by atoms with van der Waals surface area (Å²) >= 11 is 5.93. The van der Waals surface area contributed by atoms with E-state index in [4.69, 9.17) is 16.9 Å². The minimum absolute atomic E-state index is 0.279. The Morgan fingerprint density at radius 3 is 2.94 bits per heavy atom. The fraction of sp³-hybridized carbons (Fsp3) is 0.0833. The summed E-state index contributed by atoms with van der Waals surface area (Å²) in [6.45, 7) is 0. The molecule has 0 aliphatic carbocycles. The first-order valence-corrected chi connectivity index (χ1v) is 5.52. The molecular weight excluding hydrogens is 252 g/mol. The number of carbonyl (C=O) groups is 1. The predicted molar refractivity (Wildman–Crippen MR) is 66.7 cm³/mol. The smallest absolute Gasteiger partial charge is 0.271 e. The molecule has 0 saturated carbocycles. The first-order chi connectivity index (χ1) is 8.67. The lowest BCUT2D eigenvalue weighted by Gasteiger charge is -2.04. The normalized spacial score (nSPS) is 9.83. The zero-order chi connectivity index (χ0) is 13.1. The van der Waals surface area contributed by atoms with E-state index >= 15 is 0 Å². The highest BCUT2D eigenvalue weighted by atomic mass is 35.5. The quantitative estimate of drug-likeness (QED) is 0.894. The van der Waals surface area contributed by atoms with Crippen LogP contribution in [0.25, 0.3) is 5.69 Å². The number of aromatic nitrogens is 2.